The van der Waals surface area contributed by atoms with Crippen molar-refractivity contribution in [1.29, 1.82) is 0 Å². The molecule has 0 aromatic heterocycles. The van der Waals surface area contributed by atoms with Crippen molar-refractivity contribution in [2.75, 3.05) is 25.0 Å². The molecular formula is C17H27ClN2O2. The average Bonchev–Trinajstić information content (AvgIpc) is 2.48. The number of nitrogens with one attached hydrogen (secondary N) is 2. The van der Waals surface area contributed by atoms with Crippen LogP contribution in [0.5, 0.6) is 5.75 Å². The minimum Gasteiger partial charge on any atom is -0.494 e. The van der Waals surface area contributed by atoms with Crippen LogP contribution in [0.25, 0.3) is 0 Å². The van der Waals surface area contributed by atoms with Crippen molar-refractivity contribution in [3.05, 3.63) is 24.3 Å². The lowest BCUT2D eigenvalue weighted by Gasteiger charge is -2.27. The highest BCUT2D eigenvalue weighted by atomic mass is 35.5. The summed E-state index contributed by atoms with van der Waals surface area (Å²) in [5.41, 5.74) is 0.809. The van der Waals surface area contributed by atoms with Crippen molar-refractivity contribution in [2.24, 2.45) is 11.8 Å². The summed E-state index contributed by atoms with van der Waals surface area (Å²) in [5.74, 6) is 1.98. The number of ether oxygens (including phenoxy) is 1. The maximum absolute atomic E-state index is 12.2. The van der Waals surface area contributed by atoms with Crippen LogP contribution in [0.2, 0.25) is 0 Å². The fraction of sp³-hybridized carbons (Fsp3) is 0.588. The molecule has 1 aliphatic rings. The molecule has 0 spiro atoms. The molecule has 22 heavy (non-hydrogen) atoms. The first-order valence-corrected chi connectivity index (χ1v) is 7.92. The molecule has 2 rings (SSSR count). The summed E-state index contributed by atoms with van der Waals surface area (Å²) in [6.07, 6.45) is 2.94. The second-order valence-corrected chi connectivity index (χ2v) is 5.78. The van der Waals surface area contributed by atoms with Crippen LogP contribution in [0.3, 0.4) is 0 Å². The van der Waals surface area contributed by atoms with Crippen molar-refractivity contribution < 1.29 is 9.53 Å². The van der Waals surface area contributed by atoms with E-state index in [1.165, 1.54) is 12.8 Å². The Morgan fingerprint density at radius 3 is 2.82 bits per heavy atom. The van der Waals surface area contributed by atoms with Gasteiger partial charge in [-0.15, -0.1) is 12.4 Å². The van der Waals surface area contributed by atoms with Gasteiger partial charge in [0.05, 0.1) is 6.61 Å². The Bertz CT molecular complexity index is 462. The zero-order chi connectivity index (χ0) is 15.1. The SMILES string of the molecule is CCOc1cccc(NC(=O)CC(C)C2CCNCC2)c1.Cl. The van der Waals surface area contributed by atoms with Crippen molar-refractivity contribution in [1.82, 2.24) is 5.32 Å². The second kappa shape index (κ2) is 9.70. The van der Waals surface area contributed by atoms with Gasteiger partial charge >= 0.3 is 0 Å². The summed E-state index contributed by atoms with van der Waals surface area (Å²) in [4.78, 5) is 12.2. The molecule has 0 saturated carbocycles. The van der Waals surface area contributed by atoms with E-state index in [1.54, 1.807) is 0 Å². The first-order valence-electron chi connectivity index (χ1n) is 7.92. The number of rotatable bonds is 6. The van der Waals surface area contributed by atoms with Crippen LogP contribution in [0.15, 0.2) is 24.3 Å². The summed E-state index contributed by atoms with van der Waals surface area (Å²) in [6, 6.07) is 7.57. The van der Waals surface area contributed by atoms with E-state index in [0.717, 1.165) is 24.5 Å². The molecule has 0 aliphatic carbocycles. The molecule has 1 amide bonds. The third-order valence-corrected chi connectivity index (χ3v) is 4.12. The summed E-state index contributed by atoms with van der Waals surface area (Å²) in [5, 5.41) is 6.34. The zero-order valence-electron chi connectivity index (χ0n) is 13.4. The second-order valence-electron chi connectivity index (χ2n) is 5.78. The molecule has 4 nitrogen and oxygen atoms in total. The van der Waals surface area contributed by atoms with E-state index in [-0.39, 0.29) is 18.3 Å². The molecule has 124 valence electrons. The van der Waals surface area contributed by atoms with Crippen molar-refractivity contribution in [2.45, 2.75) is 33.1 Å². The highest BCUT2D eigenvalue weighted by molar-refractivity contribution is 5.91. The van der Waals surface area contributed by atoms with Gasteiger partial charge in [0.15, 0.2) is 0 Å². The van der Waals surface area contributed by atoms with Crippen LogP contribution in [-0.2, 0) is 4.79 Å². The molecule has 1 aromatic rings. The largest absolute Gasteiger partial charge is 0.494 e. The van der Waals surface area contributed by atoms with E-state index >= 15 is 0 Å². The maximum Gasteiger partial charge on any atom is 0.224 e. The number of carbonyl (C=O) groups excluding carboxylic acids is 1. The van der Waals surface area contributed by atoms with E-state index in [0.29, 0.717) is 24.9 Å². The van der Waals surface area contributed by atoms with Crippen LogP contribution in [-0.4, -0.2) is 25.6 Å². The first-order chi connectivity index (χ1) is 10.2. The van der Waals surface area contributed by atoms with Gasteiger partial charge in [-0.1, -0.05) is 13.0 Å². The molecule has 1 fully saturated rings. The minimum atomic E-state index is 0. The summed E-state index contributed by atoms with van der Waals surface area (Å²) >= 11 is 0. The van der Waals surface area contributed by atoms with E-state index in [4.69, 9.17) is 4.74 Å². The highest BCUT2D eigenvalue weighted by Crippen LogP contribution is 2.25. The first kappa shape index (κ1) is 18.8. The van der Waals surface area contributed by atoms with E-state index in [1.807, 2.05) is 31.2 Å². The topological polar surface area (TPSA) is 50.4 Å². The lowest BCUT2D eigenvalue weighted by atomic mass is 9.84. The lowest BCUT2D eigenvalue weighted by molar-refractivity contribution is -0.117. The molecule has 1 unspecified atom stereocenters. The predicted octanol–water partition coefficient (Wildman–Crippen LogP) is 3.47. The molecule has 5 heteroatoms. The van der Waals surface area contributed by atoms with Gasteiger partial charge in [-0.05, 0) is 56.8 Å². The fourth-order valence-electron chi connectivity index (χ4n) is 2.91. The van der Waals surface area contributed by atoms with Crippen LogP contribution in [0, 0.1) is 11.8 Å². The molecule has 2 N–H and O–H groups in total. The van der Waals surface area contributed by atoms with Crippen molar-refractivity contribution in [3.63, 3.8) is 0 Å². The van der Waals surface area contributed by atoms with Gasteiger partial charge in [0.1, 0.15) is 5.75 Å². The number of amides is 1. The Hall–Kier alpha value is -1.26. The highest BCUT2D eigenvalue weighted by Gasteiger charge is 2.22. The average molecular weight is 327 g/mol. The summed E-state index contributed by atoms with van der Waals surface area (Å²) in [7, 11) is 0. The van der Waals surface area contributed by atoms with Crippen LogP contribution < -0.4 is 15.4 Å². The van der Waals surface area contributed by atoms with Gasteiger partial charge in [-0.2, -0.15) is 0 Å². The molecule has 1 aromatic carbocycles. The number of piperidine rings is 1. The van der Waals surface area contributed by atoms with Gasteiger partial charge in [0, 0.05) is 18.2 Å². The standard InChI is InChI=1S/C17H26N2O2.ClH/c1-3-21-16-6-4-5-15(12-16)19-17(20)11-13(2)14-7-9-18-10-8-14;/h4-6,12-14,18H,3,7-11H2,1-2H3,(H,19,20);1H. The molecule has 0 bridgehead atoms. The van der Waals surface area contributed by atoms with E-state index in [9.17, 15) is 4.79 Å². The molecule has 0 radical (unpaired) electrons. The van der Waals surface area contributed by atoms with Crippen LogP contribution in [0.1, 0.15) is 33.1 Å². The van der Waals surface area contributed by atoms with Gasteiger partial charge in [0.25, 0.3) is 0 Å². The van der Waals surface area contributed by atoms with Gasteiger partial charge < -0.3 is 15.4 Å². The Morgan fingerprint density at radius 2 is 2.14 bits per heavy atom. The van der Waals surface area contributed by atoms with Crippen molar-refractivity contribution in [3.8, 4) is 5.75 Å². The number of anilines is 1. The number of benzene rings is 1. The van der Waals surface area contributed by atoms with E-state index < -0.39 is 0 Å². The number of halogens is 1. The number of hydrogen-bond donors (Lipinski definition) is 2. The van der Waals surface area contributed by atoms with Crippen molar-refractivity contribution >= 4 is 24.0 Å². The normalized spacial score (nSPS) is 16.5. The lowest BCUT2D eigenvalue weighted by Crippen LogP contribution is -2.32. The van der Waals surface area contributed by atoms with E-state index in [2.05, 4.69) is 17.6 Å². The Balaban J connectivity index is 0.00000242. The predicted molar refractivity (Wildman–Crippen MR) is 92.9 cm³/mol. The Labute approximate surface area is 139 Å². The fourth-order valence-corrected chi connectivity index (χ4v) is 2.91. The van der Waals surface area contributed by atoms with Crippen LogP contribution >= 0.6 is 12.4 Å². The molecule has 1 heterocycles. The molecule has 1 aliphatic heterocycles. The number of hydrogen-bond acceptors (Lipinski definition) is 3. The Morgan fingerprint density at radius 1 is 1.41 bits per heavy atom. The molecular weight excluding hydrogens is 300 g/mol. The molecule has 1 atom stereocenters. The van der Waals surface area contributed by atoms with Gasteiger partial charge in [0.2, 0.25) is 5.91 Å². The van der Waals surface area contributed by atoms with Gasteiger partial charge in [-0.25, -0.2) is 0 Å². The quantitative estimate of drug-likeness (QED) is 0.841. The third kappa shape index (κ3) is 5.85. The molecule has 1 saturated heterocycles. The zero-order valence-corrected chi connectivity index (χ0v) is 14.2. The summed E-state index contributed by atoms with van der Waals surface area (Å²) < 4.78 is 5.45. The maximum atomic E-state index is 12.2. The van der Waals surface area contributed by atoms with Gasteiger partial charge in [-0.3, -0.25) is 4.79 Å². The third-order valence-electron chi connectivity index (χ3n) is 4.12. The number of carbonyl (C=O) groups is 1. The minimum absolute atomic E-state index is 0. The smallest absolute Gasteiger partial charge is 0.224 e. The summed E-state index contributed by atoms with van der Waals surface area (Å²) in [6.45, 7) is 6.92. The monoisotopic (exact) mass is 326 g/mol. The van der Waals surface area contributed by atoms with Crippen LogP contribution in [0.4, 0.5) is 5.69 Å². The Kier molecular flexibility index (Phi) is 8.28.